The number of hydrogen-bond donors (Lipinski definition) is 1. The van der Waals surface area contributed by atoms with Gasteiger partial charge >= 0.3 is 6.18 Å². The van der Waals surface area contributed by atoms with Gasteiger partial charge in [-0.15, -0.1) is 0 Å². The number of halogens is 3. The van der Waals surface area contributed by atoms with Crippen LogP contribution in [0.15, 0.2) is 77.7 Å². The third-order valence-corrected chi connectivity index (χ3v) is 7.31. The minimum atomic E-state index is -4.69. The Morgan fingerprint density at radius 1 is 0.972 bits per heavy atom. The number of nitrogens with zero attached hydrogens (tertiary/aromatic N) is 1. The van der Waals surface area contributed by atoms with Crippen molar-refractivity contribution in [2.45, 2.75) is 24.0 Å². The van der Waals surface area contributed by atoms with Gasteiger partial charge in [-0.1, -0.05) is 30.3 Å². The predicted octanol–water partition coefficient (Wildman–Crippen LogP) is 4.55. The van der Waals surface area contributed by atoms with Crippen molar-refractivity contribution in [3.8, 4) is 11.5 Å². The number of anilines is 1. The maximum Gasteiger partial charge on any atom is 0.416 e. The second-order valence-electron chi connectivity index (χ2n) is 8.07. The summed E-state index contributed by atoms with van der Waals surface area (Å²) >= 11 is 0. The summed E-state index contributed by atoms with van der Waals surface area (Å²) in [5.41, 5.74) is -0.627. The second-order valence-corrected chi connectivity index (χ2v) is 9.93. The molecule has 1 heterocycles. The largest absolute Gasteiger partial charge is 0.486 e. The number of ether oxygens (including phenoxy) is 2. The van der Waals surface area contributed by atoms with E-state index in [0.29, 0.717) is 40.6 Å². The number of nitrogens with one attached hydrogen (secondary N) is 1. The normalized spacial score (nSPS) is 14.1. The summed E-state index contributed by atoms with van der Waals surface area (Å²) in [6.45, 7) is 1.79. The van der Waals surface area contributed by atoms with Crippen molar-refractivity contribution in [1.29, 1.82) is 0 Å². The van der Waals surface area contributed by atoms with Crippen molar-refractivity contribution in [1.82, 2.24) is 5.32 Å². The molecule has 0 radical (unpaired) electrons. The van der Waals surface area contributed by atoms with E-state index in [1.807, 2.05) is 0 Å². The molecule has 0 bridgehead atoms. The molecule has 0 aromatic heterocycles. The van der Waals surface area contributed by atoms with Crippen LogP contribution in [0.3, 0.4) is 0 Å². The lowest BCUT2D eigenvalue weighted by Crippen LogP contribution is -2.41. The molecule has 0 aliphatic carbocycles. The average molecular weight is 521 g/mol. The van der Waals surface area contributed by atoms with Gasteiger partial charge in [0.1, 0.15) is 19.8 Å². The van der Waals surface area contributed by atoms with Crippen molar-refractivity contribution in [3.63, 3.8) is 0 Å². The lowest BCUT2D eigenvalue weighted by molar-refractivity contribution is -0.137. The number of sulfonamides is 1. The Hall–Kier alpha value is -3.73. The fourth-order valence-corrected chi connectivity index (χ4v) is 5.14. The quantitative estimate of drug-likeness (QED) is 0.494. The summed E-state index contributed by atoms with van der Waals surface area (Å²) in [5, 5.41) is 2.71. The van der Waals surface area contributed by atoms with E-state index in [0.717, 1.165) is 12.1 Å². The van der Waals surface area contributed by atoms with Crippen molar-refractivity contribution < 1.29 is 35.9 Å². The Labute approximate surface area is 206 Å². The fraction of sp³-hybridized carbons (Fsp3) is 0.240. The summed E-state index contributed by atoms with van der Waals surface area (Å²) in [4.78, 5) is 12.8. The molecule has 11 heteroatoms. The van der Waals surface area contributed by atoms with Crippen molar-refractivity contribution in [2.75, 3.05) is 24.1 Å². The highest BCUT2D eigenvalue weighted by Crippen LogP contribution is 2.34. The molecule has 0 spiro atoms. The zero-order chi connectivity index (χ0) is 25.9. The van der Waals surface area contributed by atoms with Gasteiger partial charge in [0.2, 0.25) is 5.91 Å². The fourth-order valence-electron chi connectivity index (χ4n) is 3.70. The third-order valence-electron chi connectivity index (χ3n) is 5.52. The van der Waals surface area contributed by atoms with Gasteiger partial charge in [-0.25, -0.2) is 8.42 Å². The van der Waals surface area contributed by atoms with Crippen molar-refractivity contribution in [2.24, 2.45) is 0 Å². The molecule has 7 nitrogen and oxygen atoms in total. The van der Waals surface area contributed by atoms with Crippen LogP contribution >= 0.6 is 0 Å². The van der Waals surface area contributed by atoms with E-state index in [1.165, 1.54) is 30.3 Å². The molecule has 1 amide bonds. The number of rotatable bonds is 7. The first-order valence-electron chi connectivity index (χ1n) is 11.0. The molecular formula is C25H23F3N2O5S. The van der Waals surface area contributed by atoms with Crippen LogP contribution in [0.4, 0.5) is 18.9 Å². The predicted molar refractivity (Wildman–Crippen MR) is 126 cm³/mol. The minimum Gasteiger partial charge on any atom is -0.486 e. The van der Waals surface area contributed by atoms with Gasteiger partial charge < -0.3 is 14.8 Å². The Kier molecular flexibility index (Phi) is 7.11. The Bertz CT molecular complexity index is 1350. The molecule has 190 valence electrons. The molecule has 1 aliphatic heterocycles. The zero-order valence-electron chi connectivity index (χ0n) is 19.2. The van der Waals surface area contributed by atoms with E-state index in [9.17, 15) is 26.4 Å². The van der Waals surface area contributed by atoms with Gasteiger partial charge in [0.05, 0.1) is 22.2 Å². The first-order valence-corrected chi connectivity index (χ1v) is 12.4. The molecular weight excluding hydrogens is 497 g/mol. The van der Waals surface area contributed by atoms with E-state index in [-0.39, 0.29) is 10.6 Å². The maximum atomic E-state index is 13.4. The van der Waals surface area contributed by atoms with Gasteiger partial charge in [0.25, 0.3) is 10.0 Å². The van der Waals surface area contributed by atoms with E-state index >= 15 is 0 Å². The van der Waals surface area contributed by atoms with Crippen LogP contribution < -0.4 is 19.1 Å². The molecule has 3 aromatic rings. The number of carbonyl (C=O) groups excluding carboxylic acids is 1. The molecule has 0 fully saturated rings. The molecule has 4 rings (SSSR count). The zero-order valence-corrected chi connectivity index (χ0v) is 20.0. The highest BCUT2D eigenvalue weighted by atomic mass is 32.2. The molecule has 0 unspecified atom stereocenters. The monoisotopic (exact) mass is 520 g/mol. The molecule has 0 saturated carbocycles. The molecule has 1 aliphatic rings. The highest BCUT2D eigenvalue weighted by molar-refractivity contribution is 7.92. The van der Waals surface area contributed by atoms with Gasteiger partial charge in [0.15, 0.2) is 11.5 Å². The van der Waals surface area contributed by atoms with E-state index < -0.39 is 40.3 Å². The average Bonchev–Trinajstić information content (AvgIpc) is 2.87. The lowest BCUT2D eigenvalue weighted by Gasteiger charge is -2.26. The van der Waals surface area contributed by atoms with Gasteiger partial charge in [-0.2, -0.15) is 13.2 Å². The molecule has 3 aromatic carbocycles. The maximum absolute atomic E-state index is 13.4. The number of amides is 1. The lowest BCUT2D eigenvalue weighted by atomic mass is 10.1. The molecule has 36 heavy (non-hydrogen) atoms. The molecule has 0 saturated heterocycles. The number of carbonyl (C=O) groups is 1. The highest BCUT2D eigenvalue weighted by Gasteiger charge is 2.33. The summed E-state index contributed by atoms with van der Waals surface area (Å²) in [7, 11) is -4.36. The van der Waals surface area contributed by atoms with Gasteiger partial charge in [-0.05, 0) is 55.0 Å². The van der Waals surface area contributed by atoms with Gasteiger partial charge in [0, 0.05) is 0 Å². The number of benzene rings is 3. The number of hydrogen-bond acceptors (Lipinski definition) is 5. The van der Waals surface area contributed by atoms with Crippen molar-refractivity contribution >= 4 is 21.6 Å². The Balaban J connectivity index is 1.61. The van der Waals surface area contributed by atoms with Crippen LogP contribution in [0.5, 0.6) is 11.5 Å². The van der Waals surface area contributed by atoms with Crippen LogP contribution in [-0.4, -0.2) is 34.1 Å². The summed E-state index contributed by atoms with van der Waals surface area (Å²) < 4.78 is 78.5. The van der Waals surface area contributed by atoms with Crippen LogP contribution in [-0.2, 0) is 21.0 Å². The van der Waals surface area contributed by atoms with Crippen molar-refractivity contribution in [3.05, 3.63) is 83.9 Å². The standard InChI is InChI=1S/C25H23F3N2O5S/c1-17(18-10-11-22-23(14-18)35-13-12-34-22)29-24(31)16-30(36(32,33)21-8-3-2-4-9-21)20-7-5-6-19(15-20)25(26,27)28/h2-11,14-15,17H,12-13,16H2,1H3,(H,29,31)/t17-/m0/s1. The van der Waals surface area contributed by atoms with Crippen LogP contribution in [0, 0.1) is 0 Å². The topological polar surface area (TPSA) is 84.9 Å². The smallest absolute Gasteiger partial charge is 0.416 e. The van der Waals surface area contributed by atoms with E-state index in [1.54, 1.807) is 31.2 Å². The SMILES string of the molecule is C[C@H](NC(=O)CN(c1cccc(C(F)(F)F)c1)S(=O)(=O)c1ccccc1)c1ccc2c(c1)OCCO2. The van der Waals surface area contributed by atoms with Crippen LogP contribution in [0.25, 0.3) is 0 Å². The second kappa shape index (κ2) is 10.1. The third kappa shape index (κ3) is 5.56. The van der Waals surface area contributed by atoms with Crippen LogP contribution in [0.2, 0.25) is 0 Å². The Morgan fingerprint density at radius 3 is 2.36 bits per heavy atom. The molecule has 1 N–H and O–H groups in total. The van der Waals surface area contributed by atoms with E-state index in [2.05, 4.69) is 5.32 Å². The number of alkyl halides is 3. The Morgan fingerprint density at radius 2 is 1.67 bits per heavy atom. The van der Waals surface area contributed by atoms with Gasteiger partial charge in [-0.3, -0.25) is 9.10 Å². The molecule has 1 atom stereocenters. The first kappa shape index (κ1) is 25.4. The van der Waals surface area contributed by atoms with E-state index in [4.69, 9.17) is 9.47 Å². The minimum absolute atomic E-state index is 0.157. The first-order chi connectivity index (χ1) is 17.1. The summed E-state index contributed by atoms with van der Waals surface area (Å²) in [6, 6.07) is 15.7. The number of fused-ring (bicyclic) bond motifs is 1. The summed E-state index contributed by atoms with van der Waals surface area (Å²) in [6.07, 6.45) is -4.69. The van der Waals surface area contributed by atoms with Crippen LogP contribution in [0.1, 0.15) is 24.1 Å². The summed E-state index contributed by atoms with van der Waals surface area (Å²) in [5.74, 6) is 0.402.